The van der Waals surface area contributed by atoms with Crippen molar-refractivity contribution in [1.29, 1.82) is 0 Å². The van der Waals surface area contributed by atoms with Crippen LogP contribution in [0.4, 0.5) is 13.2 Å². The average molecular weight is 433 g/mol. The Hall–Kier alpha value is -1.23. The van der Waals surface area contributed by atoms with Crippen LogP contribution in [0.2, 0.25) is 0 Å². The largest absolute Gasteiger partial charge is 0.433 e. The van der Waals surface area contributed by atoms with Crippen molar-refractivity contribution in [3.05, 3.63) is 23.5 Å². The summed E-state index contributed by atoms with van der Waals surface area (Å²) in [6.07, 6.45) is 0.00529. The maximum atomic E-state index is 13.0. The van der Waals surface area contributed by atoms with Gasteiger partial charge in [0.25, 0.3) is 0 Å². The average Bonchev–Trinajstić information content (AvgIpc) is 2.66. The van der Waals surface area contributed by atoms with Gasteiger partial charge in [0.2, 0.25) is 10.0 Å². The molecule has 162 valence electrons. The molecule has 4 rings (SSSR count). The zero-order chi connectivity index (χ0) is 20.9. The van der Waals surface area contributed by atoms with E-state index in [2.05, 4.69) is 9.88 Å². The van der Waals surface area contributed by atoms with Gasteiger partial charge in [-0.25, -0.2) is 8.42 Å². The van der Waals surface area contributed by atoms with Gasteiger partial charge in [0.15, 0.2) is 0 Å². The van der Waals surface area contributed by atoms with Crippen molar-refractivity contribution in [2.24, 2.45) is 5.41 Å². The van der Waals surface area contributed by atoms with Crippen LogP contribution in [0.5, 0.6) is 0 Å². The molecule has 3 aliphatic rings. The molecule has 2 saturated heterocycles. The van der Waals surface area contributed by atoms with E-state index in [1.165, 1.54) is 11.2 Å². The van der Waals surface area contributed by atoms with Crippen LogP contribution in [0, 0.1) is 12.3 Å². The molecule has 0 amide bonds. The van der Waals surface area contributed by atoms with Gasteiger partial charge in [0.05, 0.1) is 13.2 Å². The molecule has 0 N–H and O–H groups in total. The van der Waals surface area contributed by atoms with E-state index in [4.69, 9.17) is 4.74 Å². The summed E-state index contributed by atoms with van der Waals surface area (Å²) in [5, 5.41) is 0. The fourth-order valence-corrected chi connectivity index (χ4v) is 6.45. The van der Waals surface area contributed by atoms with Gasteiger partial charge < -0.3 is 4.74 Å². The first-order chi connectivity index (χ1) is 13.6. The minimum absolute atomic E-state index is 0.0728. The lowest BCUT2D eigenvalue weighted by Gasteiger charge is -2.55. The van der Waals surface area contributed by atoms with Gasteiger partial charge in [-0.15, -0.1) is 0 Å². The fraction of sp³-hybridized carbons (Fsp3) is 0.737. The zero-order valence-corrected chi connectivity index (χ0v) is 17.2. The van der Waals surface area contributed by atoms with Crippen LogP contribution < -0.4 is 0 Å². The van der Waals surface area contributed by atoms with Gasteiger partial charge in [-0.2, -0.15) is 17.5 Å². The first-order valence-electron chi connectivity index (χ1n) is 9.97. The fourth-order valence-electron chi connectivity index (χ4n) is 4.86. The van der Waals surface area contributed by atoms with Crippen molar-refractivity contribution in [3.8, 4) is 0 Å². The first-order valence-corrected chi connectivity index (χ1v) is 11.4. The zero-order valence-electron chi connectivity index (χ0n) is 16.4. The molecule has 0 unspecified atom stereocenters. The van der Waals surface area contributed by atoms with Gasteiger partial charge in [0, 0.05) is 38.4 Å². The summed E-state index contributed by atoms with van der Waals surface area (Å²) in [4.78, 5) is 5.67. The first kappa shape index (κ1) is 21.0. The van der Waals surface area contributed by atoms with Crippen molar-refractivity contribution >= 4 is 10.0 Å². The highest BCUT2D eigenvalue weighted by atomic mass is 32.2. The Kier molecular flexibility index (Phi) is 5.42. The second-order valence-electron chi connectivity index (χ2n) is 8.45. The molecule has 10 heteroatoms. The van der Waals surface area contributed by atoms with E-state index in [9.17, 15) is 21.6 Å². The molecular weight excluding hydrogens is 407 g/mol. The Morgan fingerprint density at radius 1 is 1.14 bits per heavy atom. The third kappa shape index (κ3) is 4.04. The standard InChI is InChI=1S/C19H26F3N3O3S/c1-14-10-17(19(20,21)22)23-13-16(14)29(26,27)25-4-2-18(3-5-25)11-15(12-18)24-6-8-28-9-7-24/h10,13,15H,2-9,11-12H2,1H3. The van der Waals surface area contributed by atoms with E-state index >= 15 is 0 Å². The Morgan fingerprint density at radius 3 is 2.31 bits per heavy atom. The SMILES string of the molecule is Cc1cc(C(F)(F)F)ncc1S(=O)(=O)N1CCC2(CC1)CC(N1CCOCC1)C2. The molecule has 1 aliphatic carbocycles. The maximum absolute atomic E-state index is 13.0. The number of rotatable bonds is 3. The number of alkyl halides is 3. The highest BCUT2D eigenvalue weighted by Crippen LogP contribution is 2.51. The lowest BCUT2D eigenvalue weighted by Crippen LogP contribution is -2.57. The van der Waals surface area contributed by atoms with Crippen LogP contribution in [0.15, 0.2) is 17.2 Å². The van der Waals surface area contributed by atoms with Crippen molar-refractivity contribution in [1.82, 2.24) is 14.2 Å². The summed E-state index contributed by atoms with van der Waals surface area (Å²) in [5.74, 6) is 0. The minimum atomic E-state index is -4.59. The number of pyridine rings is 1. The van der Waals surface area contributed by atoms with E-state index in [0.717, 1.165) is 64.2 Å². The predicted molar refractivity (Wildman–Crippen MR) is 99.8 cm³/mol. The molecule has 0 aromatic carbocycles. The number of sulfonamides is 1. The molecule has 3 fully saturated rings. The van der Waals surface area contributed by atoms with Gasteiger partial charge in [0.1, 0.15) is 10.6 Å². The molecular formula is C19H26F3N3O3S. The number of hydrogen-bond donors (Lipinski definition) is 0. The molecule has 3 heterocycles. The van der Waals surface area contributed by atoms with E-state index in [-0.39, 0.29) is 15.9 Å². The maximum Gasteiger partial charge on any atom is 0.433 e. The highest BCUT2D eigenvalue weighted by molar-refractivity contribution is 7.89. The van der Waals surface area contributed by atoms with Gasteiger partial charge >= 0.3 is 6.18 Å². The Balaban J connectivity index is 1.39. The molecule has 0 atom stereocenters. The van der Waals surface area contributed by atoms with Crippen molar-refractivity contribution in [2.45, 2.75) is 49.7 Å². The minimum Gasteiger partial charge on any atom is -0.379 e. The molecule has 1 saturated carbocycles. The van der Waals surface area contributed by atoms with Crippen molar-refractivity contribution in [2.75, 3.05) is 39.4 Å². The molecule has 1 aromatic heterocycles. The number of morpholine rings is 1. The normalized spacial score (nSPS) is 24.6. The van der Waals surface area contributed by atoms with Gasteiger partial charge in [-0.1, -0.05) is 0 Å². The third-order valence-electron chi connectivity index (χ3n) is 6.65. The van der Waals surface area contributed by atoms with Crippen LogP contribution in [0.1, 0.15) is 36.9 Å². The van der Waals surface area contributed by atoms with Crippen LogP contribution in [-0.2, 0) is 20.9 Å². The number of hydrogen-bond acceptors (Lipinski definition) is 5. The molecule has 0 bridgehead atoms. The molecule has 0 radical (unpaired) electrons. The predicted octanol–water partition coefficient (Wildman–Crippen LogP) is 2.67. The van der Waals surface area contributed by atoms with Gasteiger partial charge in [-0.05, 0) is 49.7 Å². The number of halogens is 3. The Morgan fingerprint density at radius 2 is 1.76 bits per heavy atom. The highest BCUT2D eigenvalue weighted by Gasteiger charge is 2.49. The monoisotopic (exact) mass is 433 g/mol. The van der Waals surface area contributed by atoms with Crippen LogP contribution in [-0.4, -0.2) is 68.0 Å². The lowest BCUT2D eigenvalue weighted by molar-refractivity contribution is -0.141. The molecule has 2 aliphatic heterocycles. The summed E-state index contributed by atoms with van der Waals surface area (Å²) in [6.45, 7) is 5.65. The molecule has 29 heavy (non-hydrogen) atoms. The summed E-state index contributed by atoms with van der Waals surface area (Å²) >= 11 is 0. The van der Waals surface area contributed by atoms with Crippen molar-refractivity contribution in [3.63, 3.8) is 0 Å². The topological polar surface area (TPSA) is 62.7 Å². The number of ether oxygens (including phenoxy) is 1. The van der Waals surface area contributed by atoms with Crippen LogP contribution in [0.25, 0.3) is 0 Å². The Bertz CT molecular complexity index is 853. The van der Waals surface area contributed by atoms with E-state index in [0.29, 0.717) is 19.1 Å². The summed E-state index contributed by atoms with van der Waals surface area (Å²) in [7, 11) is -3.85. The number of aromatic nitrogens is 1. The second kappa shape index (κ2) is 7.47. The quantitative estimate of drug-likeness (QED) is 0.734. The molecule has 1 aromatic rings. The van der Waals surface area contributed by atoms with Crippen LogP contribution in [0.3, 0.4) is 0 Å². The van der Waals surface area contributed by atoms with Crippen LogP contribution >= 0.6 is 0 Å². The Labute approximate surface area is 169 Å². The number of piperidine rings is 1. The van der Waals surface area contributed by atoms with E-state index < -0.39 is 21.9 Å². The lowest BCUT2D eigenvalue weighted by atomic mass is 9.60. The smallest absolute Gasteiger partial charge is 0.379 e. The summed E-state index contributed by atoms with van der Waals surface area (Å²) in [5.41, 5.74) is -0.804. The second-order valence-corrected chi connectivity index (χ2v) is 10.4. The van der Waals surface area contributed by atoms with E-state index in [1.54, 1.807) is 0 Å². The molecule has 6 nitrogen and oxygen atoms in total. The van der Waals surface area contributed by atoms with E-state index in [1.807, 2.05) is 0 Å². The third-order valence-corrected chi connectivity index (χ3v) is 8.68. The summed E-state index contributed by atoms with van der Waals surface area (Å²) < 4.78 is 71.2. The van der Waals surface area contributed by atoms with Gasteiger partial charge in [-0.3, -0.25) is 9.88 Å². The number of nitrogens with zero attached hydrogens (tertiary/aromatic N) is 3. The van der Waals surface area contributed by atoms with Crippen molar-refractivity contribution < 1.29 is 26.3 Å². The molecule has 1 spiro atoms. The summed E-state index contributed by atoms with van der Waals surface area (Å²) in [6, 6.07) is 1.36. The number of aryl methyl sites for hydroxylation is 1.